The quantitative estimate of drug-likeness (QED) is 0.144. The lowest BCUT2D eigenvalue weighted by molar-refractivity contribution is 0.646. The van der Waals surface area contributed by atoms with Crippen LogP contribution >= 0.6 is 0 Å². The fourth-order valence-corrected chi connectivity index (χ4v) is 13.1. The summed E-state index contributed by atoms with van der Waals surface area (Å²) in [6.45, 7) is 4.60. The number of para-hydroxylation sites is 4. The summed E-state index contributed by atoms with van der Waals surface area (Å²) in [6.07, 6.45) is 1.05. The Morgan fingerprint density at radius 2 is 0.811 bits per heavy atom. The van der Waals surface area contributed by atoms with Crippen LogP contribution in [0.1, 0.15) is 41.7 Å². The number of hydrogen-bond donors (Lipinski definition) is 0. The highest BCUT2D eigenvalue weighted by molar-refractivity contribution is 6.17. The first kappa shape index (κ1) is 42.5. The first-order valence-electron chi connectivity index (χ1n) is 26.1. The minimum absolute atomic E-state index is 0.515. The SMILES string of the molecule is CC(C)Cc1ccc(C2(c3ccc(-n4c5ccc(-c6ccccc6)cc5c5cc(-n6c7ccccc7c7ccccc76)cc(-n6c7ccccc7c7ccccc76)c54)cc3)c3ccccc3-c3ccccc32)cc1. The van der Waals surface area contributed by atoms with Gasteiger partial charge in [0, 0.05) is 43.7 Å². The second kappa shape index (κ2) is 16.4. The molecule has 0 unspecified atom stereocenters. The van der Waals surface area contributed by atoms with Gasteiger partial charge < -0.3 is 13.7 Å². The van der Waals surface area contributed by atoms with Crippen molar-refractivity contribution in [2.75, 3.05) is 0 Å². The number of aromatic nitrogens is 3. The largest absolute Gasteiger partial charge is 0.309 e. The number of hydrogen-bond acceptors (Lipinski definition) is 0. The molecule has 0 spiro atoms. The van der Waals surface area contributed by atoms with Crippen LogP contribution in [-0.2, 0) is 11.8 Å². The van der Waals surface area contributed by atoms with E-state index in [4.69, 9.17) is 0 Å². The predicted octanol–water partition coefficient (Wildman–Crippen LogP) is 18.2. The highest BCUT2D eigenvalue weighted by Crippen LogP contribution is 2.56. The van der Waals surface area contributed by atoms with Gasteiger partial charge in [0.15, 0.2) is 0 Å². The summed E-state index contributed by atoms with van der Waals surface area (Å²) in [5.74, 6) is 0.580. The summed E-state index contributed by atoms with van der Waals surface area (Å²) >= 11 is 0. The van der Waals surface area contributed by atoms with Crippen molar-refractivity contribution < 1.29 is 0 Å². The van der Waals surface area contributed by atoms with Crippen LogP contribution in [0.15, 0.2) is 255 Å². The van der Waals surface area contributed by atoms with Crippen molar-refractivity contribution in [1.29, 1.82) is 0 Å². The molecule has 0 fully saturated rings. The van der Waals surface area contributed by atoms with Crippen LogP contribution < -0.4 is 0 Å². The maximum atomic E-state index is 2.54. The summed E-state index contributed by atoms with van der Waals surface area (Å²) in [7, 11) is 0. The Labute approximate surface area is 430 Å². The maximum absolute atomic E-state index is 2.54. The molecule has 350 valence electrons. The van der Waals surface area contributed by atoms with Gasteiger partial charge in [-0.1, -0.05) is 208 Å². The molecular formula is C71H51N3. The van der Waals surface area contributed by atoms with Crippen molar-refractivity contribution in [3.05, 3.63) is 283 Å². The molecule has 3 aromatic heterocycles. The molecule has 74 heavy (non-hydrogen) atoms. The summed E-state index contributed by atoms with van der Waals surface area (Å²) in [5.41, 5.74) is 21.4. The number of benzene rings is 11. The molecular weight excluding hydrogens is 895 g/mol. The van der Waals surface area contributed by atoms with E-state index in [1.54, 1.807) is 0 Å². The maximum Gasteiger partial charge on any atom is 0.0784 e. The van der Waals surface area contributed by atoms with Crippen molar-refractivity contribution in [2.24, 2.45) is 5.92 Å². The molecule has 3 heteroatoms. The Kier molecular flexibility index (Phi) is 9.43. The van der Waals surface area contributed by atoms with E-state index in [2.05, 4.69) is 282 Å². The first-order chi connectivity index (χ1) is 36.5. The normalized spacial score (nSPS) is 13.0. The molecule has 15 rings (SSSR count). The summed E-state index contributed by atoms with van der Waals surface area (Å²) in [5, 5.41) is 7.34. The van der Waals surface area contributed by atoms with Crippen LogP contribution in [-0.4, -0.2) is 13.7 Å². The molecule has 3 heterocycles. The van der Waals surface area contributed by atoms with Gasteiger partial charge in [-0.25, -0.2) is 0 Å². The monoisotopic (exact) mass is 945 g/mol. The van der Waals surface area contributed by atoms with Crippen molar-refractivity contribution >= 4 is 65.4 Å². The highest BCUT2D eigenvalue weighted by atomic mass is 15.1. The van der Waals surface area contributed by atoms with E-state index in [0.717, 1.165) is 34.5 Å². The molecule has 0 N–H and O–H groups in total. The van der Waals surface area contributed by atoms with Gasteiger partial charge in [0.1, 0.15) is 0 Å². The van der Waals surface area contributed by atoms with Crippen molar-refractivity contribution in [3.8, 4) is 39.3 Å². The molecule has 14 aromatic rings. The van der Waals surface area contributed by atoms with Gasteiger partial charge in [0.25, 0.3) is 0 Å². The van der Waals surface area contributed by atoms with Crippen LogP contribution in [0.5, 0.6) is 0 Å². The molecule has 0 saturated carbocycles. The predicted molar refractivity (Wildman–Crippen MR) is 311 cm³/mol. The highest BCUT2D eigenvalue weighted by Gasteiger charge is 2.46. The van der Waals surface area contributed by atoms with Crippen LogP contribution in [0.25, 0.3) is 105 Å². The Balaban J connectivity index is 1.05. The van der Waals surface area contributed by atoms with Crippen molar-refractivity contribution in [1.82, 2.24) is 13.7 Å². The zero-order valence-electron chi connectivity index (χ0n) is 41.4. The third-order valence-corrected chi connectivity index (χ3v) is 16.1. The van der Waals surface area contributed by atoms with Crippen LogP contribution in [0.2, 0.25) is 0 Å². The standard InChI is InChI=1S/C71H51N3/c1-46(2)42-47-32-35-50(36-33-47)71(62-26-12-6-20-54(62)55-21-7-13-27-63(55)71)51-37-39-52(40-38-51)73-68-41-34-49(48-18-4-3-5-19-48)43-60(68)61-44-53(72-64-28-14-8-22-56(64)57-23-9-15-29-65(57)72)45-69(70(61)73)74-66-30-16-10-24-58(66)59-25-11-17-31-67(59)74/h3-41,43-46H,42H2,1-2H3. The van der Waals surface area contributed by atoms with E-state index in [9.17, 15) is 0 Å². The fourth-order valence-electron chi connectivity index (χ4n) is 13.1. The summed E-state index contributed by atoms with van der Waals surface area (Å²) < 4.78 is 7.55. The lowest BCUT2D eigenvalue weighted by Crippen LogP contribution is -2.28. The van der Waals surface area contributed by atoms with Gasteiger partial charge in [-0.2, -0.15) is 0 Å². The Morgan fingerprint density at radius 3 is 1.36 bits per heavy atom. The van der Waals surface area contributed by atoms with E-state index in [-0.39, 0.29) is 0 Å². The van der Waals surface area contributed by atoms with E-state index >= 15 is 0 Å². The molecule has 1 aliphatic rings. The molecule has 1 aliphatic carbocycles. The van der Waals surface area contributed by atoms with Crippen molar-refractivity contribution in [2.45, 2.75) is 25.7 Å². The van der Waals surface area contributed by atoms with E-state index in [1.807, 2.05) is 0 Å². The van der Waals surface area contributed by atoms with Gasteiger partial charge >= 0.3 is 0 Å². The number of rotatable bonds is 8. The molecule has 3 nitrogen and oxygen atoms in total. The van der Waals surface area contributed by atoms with E-state index in [1.165, 1.54) is 104 Å². The molecule has 0 radical (unpaired) electrons. The van der Waals surface area contributed by atoms with Gasteiger partial charge in [0.2, 0.25) is 0 Å². The molecule has 0 atom stereocenters. The molecule has 0 aliphatic heterocycles. The number of fused-ring (bicyclic) bond motifs is 12. The summed E-state index contributed by atoms with van der Waals surface area (Å²) in [4.78, 5) is 0. The topological polar surface area (TPSA) is 14.8 Å². The lowest BCUT2D eigenvalue weighted by atomic mass is 9.67. The Morgan fingerprint density at radius 1 is 0.338 bits per heavy atom. The lowest BCUT2D eigenvalue weighted by Gasteiger charge is -2.34. The second-order valence-corrected chi connectivity index (χ2v) is 20.7. The van der Waals surface area contributed by atoms with Crippen LogP contribution in [0.4, 0.5) is 0 Å². The van der Waals surface area contributed by atoms with Gasteiger partial charge in [0.05, 0.1) is 44.2 Å². The first-order valence-corrected chi connectivity index (χ1v) is 26.1. The molecule has 0 saturated heterocycles. The van der Waals surface area contributed by atoms with Crippen LogP contribution in [0, 0.1) is 5.92 Å². The summed E-state index contributed by atoms with van der Waals surface area (Å²) in [6, 6.07) is 95.6. The average Bonchev–Trinajstić information content (AvgIpc) is 4.18. The Bertz CT molecular complexity index is 4370. The third kappa shape index (κ3) is 6.14. The third-order valence-electron chi connectivity index (χ3n) is 16.1. The second-order valence-electron chi connectivity index (χ2n) is 20.7. The minimum Gasteiger partial charge on any atom is -0.309 e. The smallest absolute Gasteiger partial charge is 0.0784 e. The van der Waals surface area contributed by atoms with E-state index in [0.29, 0.717) is 5.92 Å². The zero-order chi connectivity index (χ0) is 49.1. The fraction of sp³-hybridized carbons (Fsp3) is 0.0704. The molecule has 11 aromatic carbocycles. The molecule has 0 bridgehead atoms. The van der Waals surface area contributed by atoms with E-state index < -0.39 is 5.41 Å². The van der Waals surface area contributed by atoms with Gasteiger partial charge in [-0.3, -0.25) is 0 Å². The minimum atomic E-state index is -0.515. The molecule has 0 amide bonds. The Hall–Kier alpha value is -9.18. The van der Waals surface area contributed by atoms with Crippen molar-refractivity contribution in [3.63, 3.8) is 0 Å². The number of nitrogens with zero attached hydrogens (tertiary/aromatic N) is 3. The van der Waals surface area contributed by atoms with Gasteiger partial charge in [-0.05, 0) is 123 Å². The van der Waals surface area contributed by atoms with Crippen LogP contribution in [0.3, 0.4) is 0 Å². The zero-order valence-corrected chi connectivity index (χ0v) is 41.4. The average molecular weight is 946 g/mol. The van der Waals surface area contributed by atoms with Gasteiger partial charge in [-0.15, -0.1) is 0 Å².